The number of hydrogen-bond acceptors (Lipinski definition) is 5. The smallest absolute Gasteiger partial charge is 0.410 e. The van der Waals surface area contributed by atoms with Crippen LogP contribution in [0.25, 0.3) is 0 Å². The van der Waals surface area contributed by atoms with Gasteiger partial charge >= 0.3 is 6.09 Å². The van der Waals surface area contributed by atoms with E-state index >= 15 is 0 Å². The molecule has 2 heterocycles. The summed E-state index contributed by atoms with van der Waals surface area (Å²) in [4.78, 5) is 25.1. The summed E-state index contributed by atoms with van der Waals surface area (Å²) in [5.41, 5.74) is 0.600. The number of imidazole rings is 1. The number of nitrogens with one attached hydrogen (secondary N) is 2. The largest absolute Gasteiger partial charge is 0.444 e. The predicted molar refractivity (Wildman–Crippen MR) is 80.4 cm³/mol. The Bertz CT molecular complexity index is 490. The number of carbonyl (C=O) groups is 1. The number of rotatable bonds is 3. The second-order valence-corrected chi connectivity index (χ2v) is 5.98. The molecule has 0 spiro atoms. The van der Waals surface area contributed by atoms with E-state index in [0.717, 1.165) is 24.5 Å². The standard InChI is InChI=1S/C14H23N5O2/c1-14(2,3)21-13(20)19-7-6-17-12(9-19)16-5-4-11-8-15-10-18-11/h8,10H,4-7,9H2,1-3H3,(H,15,18)(H,16,17). The van der Waals surface area contributed by atoms with Crippen molar-refractivity contribution in [3.63, 3.8) is 0 Å². The molecule has 116 valence electrons. The molecule has 0 fully saturated rings. The molecule has 1 aliphatic heterocycles. The minimum atomic E-state index is -0.472. The van der Waals surface area contributed by atoms with Crippen molar-refractivity contribution in [2.45, 2.75) is 32.8 Å². The second-order valence-electron chi connectivity index (χ2n) is 5.98. The number of ether oxygens (including phenoxy) is 1. The van der Waals surface area contributed by atoms with Crippen LogP contribution in [0.3, 0.4) is 0 Å². The molecule has 0 radical (unpaired) electrons. The minimum absolute atomic E-state index is 0.287. The summed E-state index contributed by atoms with van der Waals surface area (Å²) < 4.78 is 5.38. The summed E-state index contributed by atoms with van der Waals surface area (Å²) in [6, 6.07) is 0. The predicted octanol–water partition coefficient (Wildman–Crippen LogP) is 1.19. The normalized spacial score (nSPS) is 15.6. The molecule has 7 heteroatoms. The van der Waals surface area contributed by atoms with Gasteiger partial charge in [-0.15, -0.1) is 0 Å². The van der Waals surface area contributed by atoms with E-state index in [2.05, 4.69) is 20.3 Å². The van der Waals surface area contributed by atoms with Crippen LogP contribution >= 0.6 is 0 Å². The summed E-state index contributed by atoms with van der Waals surface area (Å²) in [6.07, 6.45) is 4.02. The first-order chi connectivity index (χ1) is 9.94. The first-order valence-electron chi connectivity index (χ1n) is 7.16. The molecular formula is C14H23N5O2. The Morgan fingerprint density at radius 3 is 3.00 bits per heavy atom. The van der Waals surface area contributed by atoms with Gasteiger partial charge in [-0.1, -0.05) is 0 Å². The van der Waals surface area contributed by atoms with Crippen LogP contribution in [0.5, 0.6) is 0 Å². The molecule has 0 atom stereocenters. The van der Waals surface area contributed by atoms with E-state index in [1.54, 1.807) is 17.4 Å². The molecule has 1 aromatic rings. The number of aliphatic imine (C=N–C) groups is 1. The van der Waals surface area contributed by atoms with Gasteiger partial charge in [0.2, 0.25) is 0 Å². The lowest BCUT2D eigenvalue weighted by molar-refractivity contribution is 0.0276. The summed E-state index contributed by atoms with van der Waals surface area (Å²) in [6.45, 7) is 8.03. The maximum atomic E-state index is 12.0. The molecule has 0 saturated heterocycles. The molecule has 0 saturated carbocycles. The topological polar surface area (TPSA) is 82.6 Å². The van der Waals surface area contributed by atoms with Crippen LogP contribution < -0.4 is 5.32 Å². The fourth-order valence-corrected chi connectivity index (χ4v) is 1.97. The third kappa shape index (κ3) is 5.09. The van der Waals surface area contributed by atoms with Crippen molar-refractivity contribution in [2.24, 2.45) is 4.99 Å². The zero-order valence-corrected chi connectivity index (χ0v) is 12.8. The average molecular weight is 293 g/mol. The fourth-order valence-electron chi connectivity index (χ4n) is 1.97. The highest BCUT2D eigenvalue weighted by molar-refractivity contribution is 5.87. The maximum Gasteiger partial charge on any atom is 0.410 e. The van der Waals surface area contributed by atoms with Crippen molar-refractivity contribution in [1.82, 2.24) is 20.2 Å². The lowest BCUT2D eigenvalue weighted by Gasteiger charge is -2.29. The van der Waals surface area contributed by atoms with Crippen LogP contribution in [0.4, 0.5) is 4.79 Å². The van der Waals surface area contributed by atoms with Crippen LogP contribution in [0.15, 0.2) is 17.5 Å². The van der Waals surface area contributed by atoms with E-state index in [1.807, 2.05) is 20.8 Å². The highest BCUT2D eigenvalue weighted by Crippen LogP contribution is 2.10. The Kier molecular flexibility index (Phi) is 4.82. The van der Waals surface area contributed by atoms with Crippen LogP contribution in [-0.2, 0) is 11.2 Å². The van der Waals surface area contributed by atoms with E-state index < -0.39 is 5.60 Å². The van der Waals surface area contributed by atoms with Crippen molar-refractivity contribution in [2.75, 3.05) is 26.2 Å². The van der Waals surface area contributed by atoms with Crippen molar-refractivity contribution in [3.8, 4) is 0 Å². The number of amides is 1. The second kappa shape index (κ2) is 6.60. The maximum absolute atomic E-state index is 12.0. The number of hydrogen-bond donors (Lipinski definition) is 2. The lowest BCUT2D eigenvalue weighted by Crippen LogP contribution is -2.47. The van der Waals surface area contributed by atoms with Crippen molar-refractivity contribution >= 4 is 11.9 Å². The molecule has 1 aromatic heterocycles. The molecule has 1 amide bonds. The lowest BCUT2D eigenvalue weighted by atomic mass is 10.2. The number of carbonyl (C=O) groups excluding carboxylic acids is 1. The molecule has 0 aromatic carbocycles. The Balaban J connectivity index is 1.77. The number of H-pyrrole nitrogens is 1. The zero-order valence-electron chi connectivity index (χ0n) is 12.8. The van der Waals surface area contributed by atoms with E-state index in [0.29, 0.717) is 19.6 Å². The van der Waals surface area contributed by atoms with Gasteiger partial charge in [0.05, 0.1) is 19.4 Å². The Hall–Kier alpha value is -2.05. The SMILES string of the molecule is CC(C)(C)OC(=O)N1CCN=C(NCCc2cnc[nH]2)C1. The first-order valence-corrected chi connectivity index (χ1v) is 7.16. The van der Waals surface area contributed by atoms with Crippen LogP contribution in [-0.4, -0.2) is 58.6 Å². The number of amidine groups is 1. The first kappa shape index (κ1) is 15.3. The number of aromatic nitrogens is 2. The molecule has 21 heavy (non-hydrogen) atoms. The van der Waals surface area contributed by atoms with E-state index in [4.69, 9.17) is 4.74 Å². The Labute approximate surface area is 124 Å². The highest BCUT2D eigenvalue weighted by Gasteiger charge is 2.24. The van der Waals surface area contributed by atoms with Gasteiger partial charge in [-0.3, -0.25) is 9.89 Å². The molecule has 2 N–H and O–H groups in total. The summed E-state index contributed by atoms with van der Waals surface area (Å²) in [5.74, 6) is 0.826. The van der Waals surface area contributed by atoms with Crippen molar-refractivity contribution < 1.29 is 9.53 Å². The van der Waals surface area contributed by atoms with Gasteiger partial charge in [-0.05, 0) is 20.8 Å². The van der Waals surface area contributed by atoms with Gasteiger partial charge in [0.15, 0.2) is 0 Å². The molecule has 0 bridgehead atoms. The summed E-state index contributed by atoms with van der Waals surface area (Å²) in [7, 11) is 0. The molecule has 0 unspecified atom stereocenters. The van der Waals surface area contributed by atoms with Gasteiger partial charge < -0.3 is 15.0 Å². The van der Waals surface area contributed by atoms with Gasteiger partial charge in [0, 0.05) is 31.4 Å². The summed E-state index contributed by atoms with van der Waals surface area (Å²) >= 11 is 0. The number of nitrogens with zero attached hydrogens (tertiary/aromatic N) is 3. The average Bonchev–Trinajstić information content (AvgIpc) is 2.90. The quantitative estimate of drug-likeness (QED) is 0.877. The van der Waals surface area contributed by atoms with E-state index in [9.17, 15) is 4.79 Å². The monoisotopic (exact) mass is 293 g/mol. The third-order valence-corrected chi connectivity index (χ3v) is 2.94. The van der Waals surface area contributed by atoms with Gasteiger partial charge in [-0.25, -0.2) is 9.78 Å². The third-order valence-electron chi connectivity index (χ3n) is 2.94. The van der Waals surface area contributed by atoms with Gasteiger partial charge in [0.1, 0.15) is 11.4 Å². The van der Waals surface area contributed by atoms with Crippen LogP contribution in [0, 0.1) is 0 Å². The molecule has 0 aliphatic carbocycles. The number of aromatic amines is 1. The molecule has 1 aliphatic rings. The van der Waals surface area contributed by atoms with E-state index in [1.165, 1.54) is 0 Å². The minimum Gasteiger partial charge on any atom is -0.444 e. The van der Waals surface area contributed by atoms with Crippen molar-refractivity contribution in [3.05, 3.63) is 18.2 Å². The van der Waals surface area contributed by atoms with Crippen molar-refractivity contribution in [1.29, 1.82) is 0 Å². The molecule has 7 nitrogen and oxygen atoms in total. The Morgan fingerprint density at radius 2 is 2.33 bits per heavy atom. The van der Waals surface area contributed by atoms with Gasteiger partial charge in [-0.2, -0.15) is 0 Å². The molecular weight excluding hydrogens is 270 g/mol. The summed E-state index contributed by atoms with van der Waals surface area (Å²) in [5, 5.41) is 3.26. The molecule has 2 rings (SSSR count). The zero-order chi connectivity index (χ0) is 15.3. The van der Waals surface area contributed by atoms with Crippen LogP contribution in [0.1, 0.15) is 26.5 Å². The van der Waals surface area contributed by atoms with Gasteiger partial charge in [0.25, 0.3) is 0 Å². The van der Waals surface area contributed by atoms with Crippen LogP contribution in [0.2, 0.25) is 0 Å². The fraction of sp³-hybridized carbons (Fsp3) is 0.643. The Morgan fingerprint density at radius 1 is 1.52 bits per heavy atom. The highest BCUT2D eigenvalue weighted by atomic mass is 16.6. The van der Waals surface area contributed by atoms with E-state index in [-0.39, 0.29) is 6.09 Å².